The molecular formula is C21H19ClF4N2O5S. The molecule has 0 bridgehead atoms. The molecule has 1 atom stereocenters. The van der Waals surface area contributed by atoms with Gasteiger partial charge in [0.25, 0.3) is 5.56 Å². The van der Waals surface area contributed by atoms with E-state index in [-0.39, 0.29) is 34.9 Å². The third kappa shape index (κ3) is 5.81. The van der Waals surface area contributed by atoms with Crippen molar-refractivity contribution in [3.8, 4) is 11.1 Å². The van der Waals surface area contributed by atoms with E-state index in [1.807, 2.05) is 4.98 Å². The highest BCUT2D eigenvalue weighted by Crippen LogP contribution is 2.45. The number of ether oxygens (including phenoxy) is 2. The molecule has 0 spiro atoms. The Hall–Kier alpha value is -2.38. The van der Waals surface area contributed by atoms with E-state index in [9.17, 15) is 32.3 Å². The maximum Gasteiger partial charge on any atom is 0.417 e. The Bertz CT molecular complexity index is 1300. The van der Waals surface area contributed by atoms with Crippen molar-refractivity contribution < 1.29 is 32.1 Å². The van der Waals surface area contributed by atoms with Gasteiger partial charge in [0.2, 0.25) is 0 Å². The second kappa shape index (κ2) is 10.9. The number of benzene rings is 2. The molecule has 3 rings (SSSR count). The lowest BCUT2D eigenvalue weighted by atomic mass is 9.97. The predicted molar refractivity (Wildman–Crippen MR) is 120 cm³/mol. The lowest BCUT2D eigenvalue weighted by Crippen LogP contribution is -2.24. The van der Waals surface area contributed by atoms with Crippen molar-refractivity contribution in [3.63, 3.8) is 0 Å². The first-order chi connectivity index (χ1) is 16.1. The van der Waals surface area contributed by atoms with Crippen molar-refractivity contribution >= 4 is 34.3 Å². The molecular weight excluding hydrogens is 504 g/mol. The average molecular weight is 523 g/mol. The van der Waals surface area contributed by atoms with E-state index < -0.39 is 57.5 Å². The number of alkyl halides is 3. The molecule has 0 fully saturated rings. The third-order valence-corrected chi connectivity index (χ3v) is 6.29. The molecule has 3 N–H and O–H groups in total. The van der Waals surface area contributed by atoms with Crippen LogP contribution in [0.3, 0.4) is 0 Å². The fourth-order valence-electron chi connectivity index (χ4n) is 3.21. The minimum atomic E-state index is -4.91. The summed E-state index contributed by atoms with van der Waals surface area (Å²) in [7, 11) is 1.45. The van der Waals surface area contributed by atoms with E-state index in [1.54, 1.807) is 0 Å². The maximum absolute atomic E-state index is 14.1. The van der Waals surface area contributed by atoms with E-state index in [2.05, 4.69) is 4.98 Å². The quantitative estimate of drug-likeness (QED) is 0.224. The number of hydrogen-bond donors (Lipinski definition) is 3. The fraction of sp³-hybridized carbons (Fsp3) is 0.333. The van der Waals surface area contributed by atoms with Crippen LogP contribution in [0.1, 0.15) is 5.56 Å². The minimum Gasteiger partial charge on any atom is -0.394 e. The smallest absolute Gasteiger partial charge is 0.394 e. The molecule has 3 aromatic rings. The Labute approximate surface area is 199 Å². The standard InChI is InChI=1S/C21H19ClF4N2O5S/c1-32-4-5-33-11(8-29)9-34-18-16(10-2-3-15(23)14(22)6-10)13(21(24,25)26)7-12-17(18)27-20(31)28-19(12)30/h2-3,6-7,11,29H,4-5,8-9H2,1H3,(H2,27,28,30,31). The zero-order valence-electron chi connectivity index (χ0n) is 17.6. The number of thioether (sulfide) groups is 1. The van der Waals surface area contributed by atoms with Crippen LogP contribution >= 0.6 is 23.4 Å². The predicted octanol–water partition coefficient (Wildman–Crippen LogP) is 3.81. The number of halogens is 5. The number of hydrogen-bond acceptors (Lipinski definition) is 6. The van der Waals surface area contributed by atoms with Gasteiger partial charge in [0, 0.05) is 23.3 Å². The second-order valence-electron chi connectivity index (χ2n) is 7.06. The third-order valence-electron chi connectivity index (χ3n) is 4.76. The lowest BCUT2D eigenvalue weighted by Gasteiger charge is -2.21. The molecule has 0 saturated heterocycles. The highest BCUT2D eigenvalue weighted by molar-refractivity contribution is 7.99. The van der Waals surface area contributed by atoms with Crippen LogP contribution in [0.4, 0.5) is 17.6 Å². The average Bonchev–Trinajstić information content (AvgIpc) is 2.77. The first-order valence-corrected chi connectivity index (χ1v) is 11.1. The van der Waals surface area contributed by atoms with Crippen LogP contribution in [0, 0.1) is 5.82 Å². The summed E-state index contributed by atoms with van der Waals surface area (Å²) in [5.74, 6) is -0.862. The van der Waals surface area contributed by atoms with Crippen molar-refractivity contribution in [1.82, 2.24) is 9.97 Å². The SMILES string of the molecule is COCCOC(CO)CSc1c(-c2ccc(F)c(Cl)c2)c(C(F)(F)F)cc2c(=O)[nH]c(=O)[nH]c12. The van der Waals surface area contributed by atoms with Gasteiger partial charge >= 0.3 is 11.9 Å². The topological polar surface area (TPSA) is 104 Å². The zero-order valence-corrected chi connectivity index (χ0v) is 19.2. The van der Waals surface area contributed by atoms with Crippen molar-refractivity contribution in [2.24, 2.45) is 0 Å². The van der Waals surface area contributed by atoms with Gasteiger partial charge in [-0.1, -0.05) is 17.7 Å². The van der Waals surface area contributed by atoms with Gasteiger partial charge in [0.15, 0.2) is 0 Å². The van der Waals surface area contributed by atoms with E-state index in [1.165, 1.54) is 7.11 Å². The van der Waals surface area contributed by atoms with E-state index in [0.717, 1.165) is 30.0 Å². The van der Waals surface area contributed by atoms with Gasteiger partial charge in [-0.15, -0.1) is 11.8 Å². The number of aromatic nitrogens is 2. The van der Waals surface area contributed by atoms with Crippen LogP contribution in [-0.2, 0) is 15.7 Å². The molecule has 0 saturated carbocycles. The van der Waals surface area contributed by atoms with Gasteiger partial charge in [-0.05, 0) is 23.8 Å². The Morgan fingerprint density at radius 1 is 1.18 bits per heavy atom. The molecule has 1 aromatic heterocycles. The van der Waals surface area contributed by atoms with E-state index in [0.29, 0.717) is 6.07 Å². The van der Waals surface area contributed by atoms with Crippen LogP contribution in [0.25, 0.3) is 22.0 Å². The lowest BCUT2D eigenvalue weighted by molar-refractivity contribution is -0.137. The molecule has 1 heterocycles. The van der Waals surface area contributed by atoms with E-state index >= 15 is 0 Å². The van der Waals surface area contributed by atoms with Crippen molar-refractivity contribution in [2.45, 2.75) is 17.2 Å². The van der Waals surface area contributed by atoms with Crippen LogP contribution in [0.5, 0.6) is 0 Å². The van der Waals surface area contributed by atoms with Gasteiger partial charge in [-0.2, -0.15) is 13.2 Å². The molecule has 0 aliphatic heterocycles. The number of aliphatic hydroxyl groups is 1. The highest BCUT2D eigenvalue weighted by atomic mass is 35.5. The summed E-state index contributed by atoms with van der Waals surface area (Å²) in [6.07, 6.45) is -5.70. The normalized spacial score (nSPS) is 12.9. The zero-order chi connectivity index (χ0) is 25.0. The number of rotatable bonds is 9. The first kappa shape index (κ1) is 26.2. The van der Waals surface area contributed by atoms with Crippen molar-refractivity contribution in [1.29, 1.82) is 0 Å². The van der Waals surface area contributed by atoms with Gasteiger partial charge in [-0.3, -0.25) is 9.78 Å². The molecule has 34 heavy (non-hydrogen) atoms. The molecule has 13 heteroatoms. The summed E-state index contributed by atoms with van der Waals surface area (Å²) in [5, 5.41) is 8.81. The van der Waals surface area contributed by atoms with Crippen molar-refractivity contribution in [3.05, 3.63) is 61.5 Å². The molecule has 1 unspecified atom stereocenters. The molecule has 0 amide bonds. The maximum atomic E-state index is 14.1. The minimum absolute atomic E-state index is 0.0343. The first-order valence-electron chi connectivity index (χ1n) is 9.77. The number of fused-ring (bicyclic) bond motifs is 1. The molecule has 184 valence electrons. The molecule has 2 aromatic carbocycles. The largest absolute Gasteiger partial charge is 0.417 e. The highest BCUT2D eigenvalue weighted by Gasteiger charge is 2.37. The van der Waals surface area contributed by atoms with E-state index in [4.69, 9.17) is 21.1 Å². The Morgan fingerprint density at radius 2 is 1.91 bits per heavy atom. The number of H-pyrrole nitrogens is 2. The summed E-state index contributed by atoms with van der Waals surface area (Å²) in [5.41, 5.74) is -3.73. The van der Waals surface area contributed by atoms with Crippen molar-refractivity contribution in [2.75, 3.05) is 32.7 Å². The van der Waals surface area contributed by atoms with Gasteiger partial charge in [0.05, 0.1) is 47.4 Å². The summed E-state index contributed by atoms with van der Waals surface area (Å²) < 4.78 is 66.5. The Balaban J connectivity index is 2.28. The Morgan fingerprint density at radius 3 is 2.53 bits per heavy atom. The van der Waals surface area contributed by atoms with Gasteiger partial charge in [0.1, 0.15) is 5.82 Å². The van der Waals surface area contributed by atoms with Gasteiger partial charge < -0.3 is 19.6 Å². The molecule has 7 nitrogen and oxygen atoms in total. The number of methoxy groups -OCH3 is 1. The number of aromatic amines is 2. The monoisotopic (exact) mass is 522 g/mol. The Kier molecular flexibility index (Phi) is 8.42. The van der Waals surface area contributed by atoms with Crippen LogP contribution < -0.4 is 11.2 Å². The number of aliphatic hydroxyl groups excluding tert-OH is 1. The summed E-state index contributed by atoms with van der Waals surface area (Å²) in [6.45, 7) is -0.0827. The summed E-state index contributed by atoms with van der Waals surface area (Å²) >= 11 is 6.67. The second-order valence-corrected chi connectivity index (χ2v) is 8.50. The fourth-order valence-corrected chi connectivity index (χ4v) is 4.62. The summed E-state index contributed by atoms with van der Waals surface area (Å²) in [6, 6.07) is 3.69. The van der Waals surface area contributed by atoms with Crippen LogP contribution in [0.15, 0.2) is 38.8 Å². The van der Waals surface area contributed by atoms with Crippen LogP contribution in [0.2, 0.25) is 5.02 Å². The molecule has 0 aliphatic carbocycles. The molecule has 0 aliphatic rings. The number of nitrogens with one attached hydrogen (secondary N) is 2. The van der Waals surface area contributed by atoms with Gasteiger partial charge in [-0.25, -0.2) is 9.18 Å². The van der Waals surface area contributed by atoms with Crippen LogP contribution in [-0.4, -0.2) is 53.9 Å². The summed E-state index contributed by atoms with van der Waals surface area (Å²) in [4.78, 5) is 28.5. The molecule has 0 radical (unpaired) electrons.